The maximum atomic E-state index is 11.8. The Morgan fingerprint density at radius 3 is 2.52 bits per heavy atom. The topological polar surface area (TPSA) is 108 Å². The molecule has 21 heavy (non-hydrogen) atoms. The lowest BCUT2D eigenvalue weighted by Crippen LogP contribution is -2.50. The second-order valence-electron chi connectivity index (χ2n) is 6.16. The van der Waals surface area contributed by atoms with E-state index in [2.05, 4.69) is 16.0 Å². The van der Waals surface area contributed by atoms with Crippen LogP contribution in [0, 0.1) is 5.41 Å². The first-order chi connectivity index (χ1) is 9.91. The third kappa shape index (κ3) is 4.09. The SMILES string of the molecule is CC1(C(=O)O)CCCC1NC(=O)NCCC(=O)NC1CC1. The highest BCUT2D eigenvalue weighted by Gasteiger charge is 2.45. The lowest BCUT2D eigenvalue weighted by molar-refractivity contribution is -0.148. The van der Waals surface area contributed by atoms with E-state index < -0.39 is 17.4 Å². The van der Waals surface area contributed by atoms with Crippen molar-refractivity contribution in [2.75, 3.05) is 6.54 Å². The molecule has 0 aromatic rings. The Hall–Kier alpha value is -1.79. The summed E-state index contributed by atoms with van der Waals surface area (Å²) in [5.41, 5.74) is -0.902. The van der Waals surface area contributed by atoms with E-state index in [9.17, 15) is 19.5 Å². The van der Waals surface area contributed by atoms with E-state index in [0.717, 1.165) is 19.3 Å². The first-order valence-electron chi connectivity index (χ1n) is 7.49. The van der Waals surface area contributed by atoms with Gasteiger partial charge in [0.05, 0.1) is 5.41 Å². The summed E-state index contributed by atoms with van der Waals surface area (Å²) >= 11 is 0. The molecule has 118 valence electrons. The van der Waals surface area contributed by atoms with Crippen molar-refractivity contribution in [1.29, 1.82) is 0 Å². The summed E-state index contributed by atoms with van der Waals surface area (Å²) in [6, 6.07) is -0.454. The van der Waals surface area contributed by atoms with Crippen molar-refractivity contribution in [2.24, 2.45) is 5.41 Å². The van der Waals surface area contributed by atoms with Gasteiger partial charge in [0.25, 0.3) is 0 Å². The summed E-state index contributed by atoms with van der Waals surface area (Å²) in [7, 11) is 0. The number of carboxylic acid groups (broad SMARTS) is 1. The van der Waals surface area contributed by atoms with E-state index in [1.54, 1.807) is 6.92 Å². The van der Waals surface area contributed by atoms with Crippen molar-refractivity contribution < 1.29 is 19.5 Å². The zero-order chi connectivity index (χ0) is 15.5. The number of rotatable bonds is 6. The Morgan fingerprint density at radius 1 is 1.19 bits per heavy atom. The van der Waals surface area contributed by atoms with Crippen LogP contribution in [0.2, 0.25) is 0 Å². The smallest absolute Gasteiger partial charge is 0.315 e. The largest absolute Gasteiger partial charge is 0.481 e. The normalized spacial score (nSPS) is 28.0. The summed E-state index contributed by atoms with van der Waals surface area (Å²) in [6.07, 6.45) is 4.34. The van der Waals surface area contributed by atoms with Crippen LogP contribution in [0.3, 0.4) is 0 Å². The Morgan fingerprint density at radius 2 is 1.90 bits per heavy atom. The molecule has 2 rings (SSSR count). The third-order valence-corrected chi connectivity index (χ3v) is 4.33. The molecule has 4 N–H and O–H groups in total. The van der Waals surface area contributed by atoms with Crippen LogP contribution < -0.4 is 16.0 Å². The number of hydrogen-bond acceptors (Lipinski definition) is 3. The fourth-order valence-electron chi connectivity index (χ4n) is 2.68. The zero-order valence-corrected chi connectivity index (χ0v) is 12.3. The van der Waals surface area contributed by atoms with Gasteiger partial charge >= 0.3 is 12.0 Å². The van der Waals surface area contributed by atoms with Crippen molar-refractivity contribution in [3.8, 4) is 0 Å². The molecular formula is C14H23N3O4. The molecule has 2 atom stereocenters. The summed E-state index contributed by atoms with van der Waals surface area (Å²) < 4.78 is 0. The average molecular weight is 297 g/mol. The molecule has 0 heterocycles. The van der Waals surface area contributed by atoms with Crippen molar-refractivity contribution >= 4 is 17.9 Å². The monoisotopic (exact) mass is 297 g/mol. The summed E-state index contributed by atoms with van der Waals surface area (Å²) in [5, 5.41) is 17.4. The number of hydrogen-bond donors (Lipinski definition) is 4. The molecular weight excluding hydrogens is 274 g/mol. The molecule has 0 radical (unpaired) electrons. The minimum Gasteiger partial charge on any atom is -0.481 e. The Bertz CT molecular complexity index is 436. The highest BCUT2D eigenvalue weighted by Crippen LogP contribution is 2.38. The first kappa shape index (κ1) is 15.6. The molecule has 0 aromatic carbocycles. The van der Waals surface area contributed by atoms with Crippen molar-refractivity contribution in [2.45, 2.75) is 57.5 Å². The number of carbonyl (C=O) groups is 3. The lowest BCUT2D eigenvalue weighted by Gasteiger charge is -2.27. The summed E-state index contributed by atoms with van der Waals surface area (Å²) in [5.74, 6) is -0.942. The fourth-order valence-corrected chi connectivity index (χ4v) is 2.68. The van der Waals surface area contributed by atoms with Gasteiger partial charge in [0.1, 0.15) is 0 Å². The van der Waals surface area contributed by atoms with Crippen molar-refractivity contribution in [3.05, 3.63) is 0 Å². The standard InChI is InChI=1S/C14H23N3O4/c1-14(12(19)20)7-2-3-10(14)17-13(21)15-8-6-11(18)16-9-4-5-9/h9-10H,2-8H2,1H3,(H,16,18)(H,19,20)(H2,15,17,21). The van der Waals surface area contributed by atoms with Crippen molar-refractivity contribution in [3.63, 3.8) is 0 Å². The highest BCUT2D eigenvalue weighted by atomic mass is 16.4. The quantitative estimate of drug-likeness (QED) is 0.575. The van der Waals surface area contributed by atoms with Gasteiger partial charge in [0.15, 0.2) is 0 Å². The zero-order valence-electron chi connectivity index (χ0n) is 12.3. The number of amides is 3. The molecule has 0 spiro atoms. The molecule has 2 saturated carbocycles. The molecule has 0 bridgehead atoms. The first-order valence-corrected chi connectivity index (χ1v) is 7.49. The number of nitrogens with one attached hydrogen (secondary N) is 3. The van der Waals surface area contributed by atoms with Gasteiger partial charge in [0.2, 0.25) is 5.91 Å². The minimum atomic E-state index is -0.902. The Balaban J connectivity index is 1.69. The van der Waals surface area contributed by atoms with Gasteiger partial charge < -0.3 is 21.1 Å². The molecule has 7 heteroatoms. The van der Waals surface area contributed by atoms with Crippen LogP contribution in [0.5, 0.6) is 0 Å². The van der Waals surface area contributed by atoms with E-state index in [-0.39, 0.29) is 24.9 Å². The molecule has 0 saturated heterocycles. The van der Waals surface area contributed by atoms with Crippen LogP contribution in [0.25, 0.3) is 0 Å². The van der Waals surface area contributed by atoms with Gasteiger partial charge in [-0.05, 0) is 32.6 Å². The van der Waals surface area contributed by atoms with Gasteiger partial charge in [-0.2, -0.15) is 0 Å². The average Bonchev–Trinajstić information content (AvgIpc) is 3.13. The third-order valence-electron chi connectivity index (χ3n) is 4.33. The number of urea groups is 1. The summed E-state index contributed by atoms with van der Waals surface area (Å²) in [4.78, 5) is 34.5. The van der Waals surface area contributed by atoms with Crippen LogP contribution in [-0.4, -0.2) is 41.6 Å². The second kappa shape index (κ2) is 6.32. The van der Waals surface area contributed by atoms with E-state index in [1.165, 1.54) is 0 Å². The van der Waals surface area contributed by atoms with Gasteiger partial charge in [-0.1, -0.05) is 6.42 Å². The van der Waals surface area contributed by atoms with Crippen LogP contribution in [0.4, 0.5) is 4.79 Å². The fraction of sp³-hybridized carbons (Fsp3) is 0.786. The summed E-state index contributed by atoms with van der Waals surface area (Å²) in [6.45, 7) is 1.91. The number of carbonyl (C=O) groups excluding carboxylic acids is 2. The second-order valence-corrected chi connectivity index (χ2v) is 6.16. The van der Waals surface area contributed by atoms with Crippen LogP contribution in [-0.2, 0) is 9.59 Å². The van der Waals surface area contributed by atoms with E-state index in [4.69, 9.17) is 0 Å². The predicted molar refractivity (Wildman–Crippen MR) is 75.7 cm³/mol. The number of aliphatic carboxylic acids is 1. The van der Waals surface area contributed by atoms with Gasteiger partial charge in [-0.3, -0.25) is 9.59 Å². The maximum Gasteiger partial charge on any atom is 0.315 e. The molecule has 2 unspecified atom stereocenters. The molecule has 2 aliphatic rings. The predicted octanol–water partition coefficient (Wildman–Crippen LogP) is 0.598. The highest BCUT2D eigenvalue weighted by molar-refractivity contribution is 5.80. The Kier molecular flexibility index (Phi) is 4.69. The van der Waals surface area contributed by atoms with Crippen LogP contribution >= 0.6 is 0 Å². The van der Waals surface area contributed by atoms with Crippen LogP contribution in [0.15, 0.2) is 0 Å². The molecule has 2 fully saturated rings. The molecule has 2 aliphatic carbocycles. The van der Waals surface area contributed by atoms with E-state index >= 15 is 0 Å². The van der Waals surface area contributed by atoms with Gasteiger partial charge in [-0.15, -0.1) is 0 Å². The molecule has 0 aromatic heterocycles. The van der Waals surface area contributed by atoms with Gasteiger partial charge in [0, 0.05) is 25.0 Å². The maximum absolute atomic E-state index is 11.8. The van der Waals surface area contributed by atoms with Crippen LogP contribution in [0.1, 0.15) is 45.4 Å². The van der Waals surface area contributed by atoms with Crippen molar-refractivity contribution in [1.82, 2.24) is 16.0 Å². The van der Waals surface area contributed by atoms with Gasteiger partial charge in [-0.25, -0.2) is 4.79 Å². The molecule has 3 amide bonds. The molecule has 7 nitrogen and oxygen atoms in total. The molecule has 0 aliphatic heterocycles. The van der Waals surface area contributed by atoms with E-state index in [1.807, 2.05) is 0 Å². The number of carboxylic acids is 1. The Labute approximate surface area is 123 Å². The minimum absolute atomic E-state index is 0.0611. The van der Waals surface area contributed by atoms with E-state index in [0.29, 0.717) is 18.9 Å². The lowest BCUT2D eigenvalue weighted by atomic mass is 9.85.